The molecule has 2 aromatic rings. The minimum absolute atomic E-state index is 0.0343. The van der Waals surface area contributed by atoms with E-state index < -0.39 is 11.7 Å². The number of alkyl halides is 3. The van der Waals surface area contributed by atoms with Gasteiger partial charge in [-0.25, -0.2) is 4.98 Å². The highest BCUT2D eigenvalue weighted by Gasteiger charge is 2.32. The predicted molar refractivity (Wildman–Crippen MR) is 77.9 cm³/mol. The fraction of sp³-hybridized carbons (Fsp3) is 0.333. The van der Waals surface area contributed by atoms with E-state index in [1.165, 1.54) is 6.07 Å². The Balaban J connectivity index is 2.15. The van der Waals surface area contributed by atoms with Gasteiger partial charge in [0.05, 0.1) is 11.3 Å². The minimum Gasteiger partial charge on any atom is -0.383 e. The summed E-state index contributed by atoms with van der Waals surface area (Å²) in [5.41, 5.74) is 12.3. The van der Waals surface area contributed by atoms with Gasteiger partial charge >= 0.3 is 6.18 Å². The lowest BCUT2D eigenvalue weighted by molar-refractivity contribution is -0.137. The van der Waals surface area contributed by atoms with Crippen molar-refractivity contribution in [3.05, 3.63) is 35.4 Å². The van der Waals surface area contributed by atoms with Gasteiger partial charge in [-0.1, -0.05) is 18.6 Å². The van der Waals surface area contributed by atoms with Crippen LogP contribution < -0.4 is 11.5 Å². The first kappa shape index (κ1) is 14.6. The lowest BCUT2D eigenvalue weighted by atomic mass is 9.78. The van der Waals surface area contributed by atoms with Crippen LogP contribution in [0.1, 0.15) is 36.3 Å². The van der Waals surface area contributed by atoms with Gasteiger partial charge in [-0.2, -0.15) is 18.2 Å². The Kier molecular flexibility index (Phi) is 3.42. The SMILES string of the molecule is Nc1nc(N)c(C2CCC2)c(-c2cccc(C(F)(F)F)c2)n1. The fourth-order valence-electron chi connectivity index (χ4n) is 2.67. The zero-order chi connectivity index (χ0) is 15.9. The highest BCUT2D eigenvalue weighted by Crippen LogP contribution is 2.43. The topological polar surface area (TPSA) is 77.8 Å². The molecule has 22 heavy (non-hydrogen) atoms. The monoisotopic (exact) mass is 308 g/mol. The molecular formula is C15H15F3N4. The van der Waals surface area contributed by atoms with Crippen LogP contribution in [-0.2, 0) is 6.18 Å². The zero-order valence-corrected chi connectivity index (χ0v) is 11.7. The van der Waals surface area contributed by atoms with Crippen LogP contribution in [0.4, 0.5) is 24.9 Å². The summed E-state index contributed by atoms with van der Waals surface area (Å²) in [6.45, 7) is 0. The summed E-state index contributed by atoms with van der Waals surface area (Å²) in [5.74, 6) is 0.405. The van der Waals surface area contributed by atoms with Crippen LogP contribution in [0.15, 0.2) is 24.3 Å². The minimum atomic E-state index is -4.41. The van der Waals surface area contributed by atoms with Crippen LogP contribution >= 0.6 is 0 Å². The molecule has 0 bridgehead atoms. The van der Waals surface area contributed by atoms with Crippen molar-refractivity contribution >= 4 is 11.8 Å². The summed E-state index contributed by atoms with van der Waals surface area (Å²) in [7, 11) is 0. The standard InChI is InChI=1S/C15H15F3N4/c16-15(17,18)10-6-2-5-9(7-10)12-11(8-3-1-4-8)13(19)22-14(20)21-12/h2,5-8H,1,3-4H2,(H4,19,20,21,22). The smallest absolute Gasteiger partial charge is 0.383 e. The van der Waals surface area contributed by atoms with E-state index in [1.54, 1.807) is 6.07 Å². The van der Waals surface area contributed by atoms with Gasteiger partial charge in [-0.15, -0.1) is 0 Å². The van der Waals surface area contributed by atoms with E-state index in [4.69, 9.17) is 11.5 Å². The number of nitrogen functional groups attached to an aromatic ring is 2. The number of anilines is 2. The summed E-state index contributed by atoms with van der Waals surface area (Å²) in [5, 5.41) is 0. The third kappa shape index (κ3) is 2.58. The van der Waals surface area contributed by atoms with Crippen LogP contribution in [0.3, 0.4) is 0 Å². The largest absolute Gasteiger partial charge is 0.416 e. The maximum atomic E-state index is 12.9. The van der Waals surface area contributed by atoms with Crippen molar-refractivity contribution in [2.45, 2.75) is 31.4 Å². The second-order valence-electron chi connectivity index (χ2n) is 5.44. The van der Waals surface area contributed by atoms with Gasteiger partial charge in [0.2, 0.25) is 5.95 Å². The number of hydrogen-bond donors (Lipinski definition) is 2. The second-order valence-corrected chi connectivity index (χ2v) is 5.44. The Morgan fingerprint density at radius 1 is 1.09 bits per heavy atom. The van der Waals surface area contributed by atoms with Crippen LogP contribution in [0.2, 0.25) is 0 Å². The van der Waals surface area contributed by atoms with Crippen molar-refractivity contribution in [3.63, 3.8) is 0 Å². The fourth-order valence-corrected chi connectivity index (χ4v) is 2.67. The molecule has 1 heterocycles. The molecule has 7 heteroatoms. The molecule has 116 valence electrons. The molecule has 0 spiro atoms. The third-order valence-corrected chi connectivity index (χ3v) is 3.97. The molecule has 4 N–H and O–H groups in total. The Hall–Kier alpha value is -2.31. The van der Waals surface area contributed by atoms with Crippen molar-refractivity contribution in [1.82, 2.24) is 9.97 Å². The molecule has 0 atom stereocenters. The molecule has 3 rings (SSSR count). The van der Waals surface area contributed by atoms with Gasteiger partial charge in [0.15, 0.2) is 0 Å². The van der Waals surface area contributed by atoms with Crippen molar-refractivity contribution in [2.24, 2.45) is 0 Å². The first-order valence-corrected chi connectivity index (χ1v) is 6.97. The molecule has 1 aliphatic carbocycles. The number of hydrogen-bond acceptors (Lipinski definition) is 4. The Morgan fingerprint density at radius 2 is 1.82 bits per heavy atom. The Bertz CT molecular complexity index is 708. The number of benzene rings is 1. The van der Waals surface area contributed by atoms with Gasteiger partial charge in [0.1, 0.15) is 5.82 Å². The van der Waals surface area contributed by atoms with Crippen molar-refractivity contribution in [2.75, 3.05) is 11.5 Å². The normalized spacial score (nSPS) is 15.6. The summed E-state index contributed by atoms with van der Waals surface area (Å²) in [4.78, 5) is 8.11. The lowest BCUT2D eigenvalue weighted by Gasteiger charge is -2.28. The van der Waals surface area contributed by atoms with Gasteiger partial charge in [-0.05, 0) is 30.9 Å². The molecule has 1 saturated carbocycles. The number of nitrogens with two attached hydrogens (primary N) is 2. The summed E-state index contributed by atoms with van der Waals surface area (Å²) in [6, 6.07) is 5.04. The highest BCUT2D eigenvalue weighted by molar-refractivity contribution is 5.71. The van der Waals surface area contributed by atoms with Crippen LogP contribution in [-0.4, -0.2) is 9.97 Å². The average Bonchev–Trinajstić information content (AvgIpc) is 2.38. The van der Waals surface area contributed by atoms with Gasteiger partial charge < -0.3 is 11.5 Å². The van der Waals surface area contributed by atoms with E-state index >= 15 is 0 Å². The van der Waals surface area contributed by atoms with Crippen molar-refractivity contribution < 1.29 is 13.2 Å². The van der Waals surface area contributed by atoms with Crippen LogP contribution in [0.25, 0.3) is 11.3 Å². The first-order chi connectivity index (χ1) is 10.4. The molecule has 0 amide bonds. The Labute approximate surface area is 125 Å². The maximum Gasteiger partial charge on any atom is 0.416 e. The highest BCUT2D eigenvalue weighted by atomic mass is 19.4. The summed E-state index contributed by atoms with van der Waals surface area (Å²) >= 11 is 0. The number of halogens is 3. The van der Waals surface area contributed by atoms with Gasteiger partial charge in [-0.3, -0.25) is 0 Å². The molecule has 4 nitrogen and oxygen atoms in total. The molecule has 1 aliphatic rings. The molecule has 1 aromatic carbocycles. The second kappa shape index (κ2) is 5.15. The maximum absolute atomic E-state index is 12.9. The van der Waals surface area contributed by atoms with E-state index in [0.717, 1.165) is 31.4 Å². The van der Waals surface area contributed by atoms with Crippen LogP contribution in [0.5, 0.6) is 0 Å². The molecule has 1 aromatic heterocycles. The average molecular weight is 308 g/mol. The molecule has 0 aliphatic heterocycles. The molecule has 0 unspecified atom stereocenters. The summed E-state index contributed by atoms with van der Waals surface area (Å²) < 4.78 is 38.7. The van der Waals surface area contributed by atoms with Crippen molar-refractivity contribution in [3.8, 4) is 11.3 Å². The molecule has 0 radical (unpaired) electrons. The van der Waals surface area contributed by atoms with Crippen molar-refractivity contribution in [1.29, 1.82) is 0 Å². The van der Waals surface area contributed by atoms with E-state index in [2.05, 4.69) is 9.97 Å². The number of nitrogens with zero attached hydrogens (tertiary/aromatic N) is 2. The lowest BCUT2D eigenvalue weighted by Crippen LogP contribution is -2.16. The van der Waals surface area contributed by atoms with Gasteiger partial charge in [0, 0.05) is 11.1 Å². The quantitative estimate of drug-likeness (QED) is 0.888. The predicted octanol–water partition coefficient (Wildman–Crippen LogP) is 3.59. The zero-order valence-electron chi connectivity index (χ0n) is 11.7. The van der Waals surface area contributed by atoms with E-state index in [9.17, 15) is 13.2 Å². The third-order valence-electron chi connectivity index (χ3n) is 3.97. The van der Waals surface area contributed by atoms with E-state index in [-0.39, 0.29) is 17.7 Å². The Morgan fingerprint density at radius 3 is 2.41 bits per heavy atom. The molecular weight excluding hydrogens is 293 g/mol. The van der Waals surface area contributed by atoms with Crippen LogP contribution in [0, 0.1) is 0 Å². The van der Waals surface area contributed by atoms with Gasteiger partial charge in [0.25, 0.3) is 0 Å². The molecule has 0 saturated heterocycles. The molecule has 1 fully saturated rings. The first-order valence-electron chi connectivity index (χ1n) is 6.97. The van der Waals surface area contributed by atoms with E-state index in [1.807, 2.05) is 0 Å². The number of rotatable bonds is 2. The number of aromatic nitrogens is 2. The summed E-state index contributed by atoms with van der Waals surface area (Å²) in [6.07, 6.45) is -1.47. The van der Waals surface area contributed by atoms with E-state index in [0.29, 0.717) is 16.8 Å².